The first-order valence-corrected chi connectivity index (χ1v) is 7.99. The Labute approximate surface area is 130 Å². The molecule has 2 aromatic rings. The van der Waals surface area contributed by atoms with Crippen LogP contribution >= 0.6 is 11.3 Å². The van der Waals surface area contributed by atoms with Gasteiger partial charge in [0, 0.05) is 28.3 Å². The fourth-order valence-corrected chi connectivity index (χ4v) is 3.34. The van der Waals surface area contributed by atoms with Crippen LogP contribution in [0.3, 0.4) is 0 Å². The van der Waals surface area contributed by atoms with Crippen molar-refractivity contribution < 1.29 is 9.47 Å². The zero-order chi connectivity index (χ0) is 15.2. The molecule has 3 nitrogen and oxygen atoms in total. The zero-order valence-electron chi connectivity index (χ0n) is 13.1. The number of ether oxygens (including phenoxy) is 2. The quantitative estimate of drug-likeness (QED) is 0.843. The van der Waals surface area contributed by atoms with Gasteiger partial charge in [-0.25, -0.2) is 0 Å². The monoisotopic (exact) mass is 305 g/mol. The van der Waals surface area contributed by atoms with Gasteiger partial charge in [0.05, 0.1) is 14.2 Å². The summed E-state index contributed by atoms with van der Waals surface area (Å²) in [6.45, 7) is 2.19. The molecule has 1 N–H and O–H groups in total. The van der Waals surface area contributed by atoms with Crippen LogP contribution in [0.5, 0.6) is 11.5 Å². The van der Waals surface area contributed by atoms with Crippen molar-refractivity contribution in [1.82, 2.24) is 5.32 Å². The smallest absolute Gasteiger partial charge is 0.122 e. The van der Waals surface area contributed by atoms with Crippen LogP contribution in [-0.4, -0.2) is 21.3 Å². The molecule has 0 radical (unpaired) electrons. The molecule has 1 unspecified atom stereocenters. The lowest BCUT2D eigenvalue weighted by molar-refractivity contribution is 0.392. The van der Waals surface area contributed by atoms with E-state index in [4.69, 9.17) is 9.47 Å². The molecule has 0 amide bonds. The Morgan fingerprint density at radius 3 is 2.14 bits per heavy atom. The first kappa shape index (κ1) is 15.9. The van der Waals surface area contributed by atoms with Crippen LogP contribution in [0.4, 0.5) is 0 Å². The summed E-state index contributed by atoms with van der Waals surface area (Å²) < 4.78 is 10.7. The van der Waals surface area contributed by atoms with Crippen molar-refractivity contribution in [3.8, 4) is 11.5 Å². The number of hydrogen-bond acceptors (Lipinski definition) is 4. The molecule has 0 aliphatic heterocycles. The number of likely N-dealkylation sites (N-methyl/N-ethyl adjacent to an activating group) is 1. The Bertz CT molecular complexity index is 558. The Kier molecular flexibility index (Phi) is 5.65. The van der Waals surface area contributed by atoms with Crippen molar-refractivity contribution in [2.24, 2.45) is 0 Å². The van der Waals surface area contributed by atoms with Gasteiger partial charge >= 0.3 is 0 Å². The van der Waals surface area contributed by atoms with Crippen LogP contribution < -0.4 is 14.8 Å². The van der Waals surface area contributed by atoms with Crippen LogP contribution in [-0.2, 0) is 12.8 Å². The van der Waals surface area contributed by atoms with E-state index in [-0.39, 0.29) is 6.04 Å². The predicted molar refractivity (Wildman–Crippen MR) is 88.7 cm³/mol. The minimum atomic E-state index is 0.248. The molecule has 1 heterocycles. The minimum Gasteiger partial charge on any atom is -0.497 e. The summed E-state index contributed by atoms with van der Waals surface area (Å²) >= 11 is 1.89. The maximum Gasteiger partial charge on any atom is 0.122 e. The molecule has 0 aliphatic rings. The number of aryl methyl sites for hydroxylation is 1. The number of thiophene rings is 1. The Balaban J connectivity index is 2.23. The highest BCUT2D eigenvalue weighted by Crippen LogP contribution is 2.29. The van der Waals surface area contributed by atoms with Gasteiger partial charge in [0.2, 0.25) is 0 Å². The van der Waals surface area contributed by atoms with Gasteiger partial charge in [-0.05, 0) is 43.3 Å². The lowest BCUT2D eigenvalue weighted by Crippen LogP contribution is -2.18. The Morgan fingerprint density at radius 2 is 1.67 bits per heavy atom. The molecule has 0 saturated heterocycles. The van der Waals surface area contributed by atoms with Gasteiger partial charge in [-0.15, -0.1) is 11.3 Å². The van der Waals surface area contributed by atoms with Crippen molar-refractivity contribution in [2.75, 3.05) is 21.3 Å². The highest BCUT2D eigenvalue weighted by Gasteiger charge is 2.14. The molecule has 0 bridgehead atoms. The highest BCUT2D eigenvalue weighted by molar-refractivity contribution is 7.11. The van der Waals surface area contributed by atoms with Gasteiger partial charge in [0.25, 0.3) is 0 Å². The summed E-state index contributed by atoms with van der Waals surface area (Å²) in [5, 5.41) is 3.39. The molecule has 0 aliphatic carbocycles. The third kappa shape index (κ3) is 3.99. The molecule has 114 valence electrons. The fraction of sp³-hybridized carbons (Fsp3) is 0.412. The van der Waals surface area contributed by atoms with Crippen LogP contribution in [0.2, 0.25) is 0 Å². The van der Waals surface area contributed by atoms with Crippen molar-refractivity contribution in [2.45, 2.75) is 25.8 Å². The average molecular weight is 305 g/mol. The maximum atomic E-state index is 5.36. The lowest BCUT2D eigenvalue weighted by Gasteiger charge is -2.18. The number of hydrogen-bond donors (Lipinski definition) is 1. The Morgan fingerprint density at radius 1 is 1.05 bits per heavy atom. The van der Waals surface area contributed by atoms with Crippen LogP contribution in [0.25, 0.3) is 0 Å². The van der Waals surface area contributed by atoms with Crippen molar-refractivity contribution in [3.63, 3.8) is 0 Å². The molecular weight excluding hydrogens is 282 g/mol. The summed E-state index contributed by atoms with van der Waals surface area (Å²) in [6.07, 6.45) is 2.07. The molecule has 1 atom stereocenters. The van der Waals surface area contributed by atoms with E-state index < -0.39 is 0 Å². The van der Waals surface area contributed by atoms with E-state index in [1.165, 1.54) is 15.3 Å². The van der Waals surface area contributed by atoms with E-state index in [0.717, 1.165) is 24.3 Å². The SMILES string of the molecule is CCc1ccc(CC(NC)c2cc(OC)cc(OC)c2)s1. The summed E-state index contributed by atoms with van der Waals surface area (Å²) in [6, 6.07) is 10.7. The maximum absolute atomic E-state index is 5.36. The molecule has 1 aromatic heterocycles. The second kappa shape index (κ2) is 7.48. The minimum absolute atomic E-state index is 0.248. The van der Waals surface area contributed by atoms with Gasteiger partial charge in [-0.3, -0.25) is 0 Å². The van der Waals surface area contributed by atoms with Crippen LogP contribution in [0.15, 0.2) is 30.3 Å². The van der Waals surface area contributed by atoms with Gasteiger partial charge in [-0.2, -0.15) is 0 Å². The lowest BCUT2D eigenvalue weighted by atomic mass is 10.0. The average Bonchev–Trinajstić information content (AvgIpc) is 2.99. The van der Waals surface area contributed by atoms with Gasteiger partial charge in [-0.1, -0.05) is 6.92 Å². The van der Waals surface area contributed by atoms with Gasteiger partial charge in [0.15, 0.2) is 0 Å². The van der Waals surface area contributed by atoms with Crippen molar-refractivity contribution in [1.29, 1.82) is 0 Å². The number of nitrogens with one attached hydrogen (secondary N) is 1. The highest BCUT2D eigenvalue weighted by atomic mass is 32.1. The van der Waals surface area contributed by atoms with E-state index in [0.29, 0.717) is 0 Å². The Hall–Kier alpha value is -1.52. The fourth-order valence-electron chi connectivity index (χ4n) is 2.34. The van der Waals surface area contributed by atoms with Crippen molar-refractivity contribution in [3.05, 3.63) is 45.6 Å². The summed E-state index contributed by atoms with van der Waals surface area (Å²) in [5.41, 5.74) is 1.18. The number of rotatable bonds is 7. The van der Waals surface area contributed by atoms with Gasteiger partial charge < -0.3 is 14.8 Å². The van der Waals surface area contributed by atoms with Gasteiger partial charge in [0.1, 0.15) is 11.5 Å². The predicted octanol–water partition coefficient (Wildman–Crippen LogP) is 3.83. The van der Waals surface area contributed by atoms with E-state index >= 15 is 0 Å². The first-order valence-electron chi connectivity index (χ1n) is 7.18. The molecule has 0 saturated carbocycles. The second-order valence-electron chi connectivity index (χ2n) is 4.91. The largest absolute Gasteiger partial charge is 0.497 e. The van der Waals surface area contributed by atoms with Crippen LogP contribution in [0, 0.1) is 0 Å². The molecule has 21 heavy (non-hydrogen) atoms. The molecule has 0 fully saturated rings. The molecule has 1 aromatic carbocycles. The summed E-state index contributed by atoms with van der Waals surface area (Å²) in [7, 11) is 5.35. The number of methoxy groups -OCH3 is 2. The molecular formula is C17H23NO2S. The van der Waals surface area contributed by atoms with E-state index in [1.807, 2.05) is 24.5 Å². The zero-order valence-corrected chi connectivity index (χ0v) is 13.9. The van der Waals surface area contributed by atoms with E-state index in [2.05, 4.69) is 36.5 Å². The van der Waals surface area contributed by atoms with E-state index in [1.54, 1.807) is 14.2 Å². The normalized spacial score (nSPS) is 12.2. The third-order valence-electron chi connectivity index (χ3n) is 3.60. The summed E-state index contributed by atoms with van der Waals surface area (Å²) in [4.78, 5) is 2.83. The third-order valence-corrected chi connectivity index (χ3v) is 4.85. The number of benzene rings is 1. The first-order chi connectivity index (χ1) is 10.2. The van der Waals surface area contributed by atoms with Crippen molar-refractivity contribution >= 4 is 11.3 Å². The standard InChI is InChI=1S/C17H23NO2S/c1-5-15-6-7-16(21-15)11-17(18-2)12-8-13(19-3)10-14(9-12)20-4/h6-10,17-18H,5,11H2,1-4H3. The molecule has 4 heteroatoms. The topological polar surface area (TPSA) is 30.5 Å². The summed E-state index contributed by atoms with van der Waals surface area (Å²) in [5.74, 6) is 1.65. The van der Waals surface area contributed by atoms with Crippen LogP contribution in [0.1, 0.15) is 28.3 Å². The second-order valence-corrected chi connectivity index (χ2v) is 6.17. The molecule has 0 spiro atoms. The molecule has 2 rings (SSSR count). The van der Waals surface area contributed by atoms with E-state index in [9.17, 15) is 0 Å².